The Morgan fingerprint density at radius 2 is 2.17 bits per heavy atom. The number of aliphatic hydroxyl groups excluding tert-OH is 1. The smallest absolute Gasteiger partial charge is 0.124 e. The molecule has 2 rings (SSSR count). The van der Waals surface area contributed by atoms with Gasteiger partial charge in [-0.25, -0.2) is 4.39 Å². The van der Waals surface area contributed by atoms with E-state index in [2.05, 4.69) is 0 Å². The molecule has 1 fully saturated rings. The molecule has 0 bridgehead atoms. The molecule has 1 saturated carbocycles. The molecule has 0 radical (unpaired) electrons. The summed E-state index contributed by atoms with van der Waals surface area (Å²) in [6.07, 6.45) is 3.89. The van der Waals surface area contributed by atoms with Gasteiger partial charge in [0.1, 0.15) is 5.82 Å². The molecule has 0 spiro atoms. The van der Waals surface area contributed by atoms with Gasteiger partial charge in [0.2, 0.25) is 0 Å². The lowest BCUT2D eigenvalue weighted by molar-refractivity contribution is 0.0951. The van der Waals surface area contributed by atoms with Gasteiger partial charge in [-0.05, 0) is 30.0 Å². The maximum atomic E-state index is 13.0. The van der Waals surface area contributed by atoms with Gasteiger partial charge >= 0.3 is 0 Å². The van der Waals surface area contributed by atoms with Crippen LogP contribution < -0.4 is 5.73 Å². The lowest BCUT2D eigenvalue weighted by Crippen LogP contribution is -2.30. The van der Waals surface area contributed by atoms with E-state index in [-0.39, 0.29) is 11.7 Å². The maximum Gasteiger partial charge on any atom is 0.124 e. The van der Waals surface area contributed by atoms with Crippen molar-refractivity contribution in [1.29, 1.82) is 0 Å². The highest BCUT2D eigenvalue weighted by molar-refractivity contribution is 6.31. The lowest BCUT2D eigenvalue weighted by Gasteiger charge is -2.31. The fourth-order valence-electron chi connectivity index (χ4n) is 2.53. The molecule has 2 atom stereocenters. The van der Waals surface area contributed by atoms with Crippen molar-refractivity contribution in [2.24, 2.45) is 11.7 Å². The van der Waals surface area contributed by atoms with Gasteiger partial charge in [-0.15, -0.1) is 0 Å². The SMILES string of the molecule is NCC(c1ccc(F)cc1Cl)C(O)CC1CCC1. The van der Waals surface area contributed by atoms with E-state index in [1.165, 1.54) is 31.4 Å². The third-order valence-corrected chi connectivity index (χ3v) is 4.21. The molecule has 2 unspecified atom stereocenters. The van der Waals surface area contributed by atoms with Crippen LogP contribution in [-0.4, -0.2) is 17.8 Å². The molecule has 2 nitrogen and oxygen atoms in total. The van der Waals surface area contributed by atoms with Crippen LogP contribution in [0.2, 0.25) is 5.02 Å². The predicted octanol–water partition coefficient (Wildman–Crippen LogP) is 3.07. The number of benzene rings is 1. The third kappa shape index (κ3) is 3.02. The molecular weight excluding hydrogens is 253 g/mol. The fraction of sp³-hybridized carbons (Fsp3) is 0.571. The summed E-state index contributed by atoms with van der Waals surface area (Å²) >= 11 is 6.02. The highest BCUT2D eigenvalue weighted by Crippen LogP contribution is 2.35. The Morgan fingerprint density at radius 1 is 1.44 bits per heavy atom. The molecule has 0 amide bonds. The van der Waals surface area contributed by atoms with Crippen LogP contribution in [0.25, 0.3) is 0 Å². The number of hydrogen-bond acceptors (Lipinski definition) is 2. The normalized spacial score (nSPS) is 19.3. The molecule has 100 valence electrons. The molecule has 1 aliphatic rings. The average Bonchev–Trinajstić information content (AvgIpc) is 2.27. The average molecular weight is 272 g/mol. The van der Waals surface area contributed by atoms with E-state index in [0.29, 0.717) is 17.5 Å². The highest BCUT2D eigenvalue weighted by Gasteiger charge is 2.27. The first-order valence-corrected chi connectivity index (χ1v) is 6.82. The van der Waals surface area contributed by atoms with Crippen molar-refractivity contribution in [1.82, 2.24) is 0 Å². The van der Waals surface area contributed by atoms with Crippen molar-refractivity contribution >= 4 is 11.6 Å². The number of aliphatic hydroxyl groups is 1. The molecule has 3 N–H and O–H groups in total. The van der Waals surface area contributed by atoms with Crippen LogP contribution in [0.1, 0.15) is 37.2 Å². The molecule has 1 aromatic carbocycles. The Bertz CT molecular complexity index is 409. The quantitative estimate of drug-likeness (QED) is 0.865. The molecular formula is C14H19ClFNO. The summed E-state index contributed by atoms with van der Waals surface area (Å²) in [6.45, 7) is 0.319. The predicted molar refractivity (Wildman–Crippen MR) is 71.2 cm³/mol. The van der Waals surface area contributed by atoms with Gasteiger partial charge in [0.05, 0.1) is 6.10 Å². The fourth-order valence-corrected chi connectivity index (χ4v) is 2.84. The van der Waals surface area contributed by atoms with E-state index < -0.39 is 6.10 Å². The van der Waals surface area contributed by atoms with Gasteiger partial charge < -0.3 is 10.8 Å². The Labute approximate surface area is 112 Å². The van der Waals surface area contributed by atoms with E-state index in [1.807, 2.05) is 0 Å². The van der Waals surface area contributed by atoms with Crippen LogP contribution >= 0.6 is 11.6 Å². The van der Waals surface area contributed by atoms with Crippen molar-refractivity contribution in [2.75, 3.05) is 6.54 Å². The van der Waals surface area contributed by atoms with Gasteiger partial charge in [-0.3, -0.25) is 0 Å². The third-order valence-electron chi connectivity index (χ3n) is 3.88. The number of halogens is 2. The minimum Gasteiger partial charge on any atom is -0.392 e. The molecule has 18 heavy (non-hydrogen) atoms. The molecule has 0 aromatic heterocycles. The first kappa shape index (κ1) is 13.8. The standard InChI is InChI=1S/C14H19ClFNO/c15-13-7-10(16)4-5-11(13)12(8-17)14(18)6-9-2-1-3-9/h4-5,7,9,12,14,18H,1-3,6,8,17H2. The van der Waals surface area contributed by atoms with E-state index in [0.717, 1.165) is 12.0 Å². The first-order valence-electron chi connectivity index (χ1n) is 6.45. The Hall–Kier alpha value is -0.640. The number of nitrogens with two attached hydrogens (primary N) is 1. The second-order valence-electron chi connectivity index (χ2n) is 5.11. The molecule has 0 saturated heterocycles. The maximum absolute atomic E-state index is 13.0. The van der Waals surface area contributed by atoms with Gasteiger partial charge in [-0.1, -0.05) is 36.9 Å². The molecule has 1 aromatic rings. The van der Waals surface area contributed by atoms with Gasteiger partial charge in [0.25, 0.3) is 0 Å². The zero-order valence-electron chi connectivity index (χ0n) is 10.3. The summed E-state index contributed by atoms with van der Waals surface area (Å²) in [5.74, 6) is 0.0278. The molecule has 1 aliphatic carbocycles. The van der Waals surface area contributed by atoms with Crippen molar-refractivity contribution < 1.29 is 9.50 Å². The van der Waals surface area contributed by atoms with Gasteiger partial charge in [-0.2, -0.15) is 0 Å². The molecule has 0 aliphatic heterocycles. The second kappa shape index (κ2) is 6.00. The van der Waals surface area contributed by atoms with Crippen LogP contribution in [0, 0.1) is 11.7 Å². The van der Waals surface area contributed by atoms with Crippen molar-refractivity contribution in [3.8, 4) is 0 Å². The Kier molecular flexibility index (Phi) is 4.60. The Balaban J connectivity index is 2.10. The lowest BCUT2D eigenvalue weighted by atomic mass is 9.78. The van der Waals surface area contributed by atoms with E-state index in [4.69, 9.17) is 17.3 Å². The van der Waals surface area contributed by atoms with E-state index >= 15 is 0 Å². The van der Waals surface area contributed by atoms with Gasteiger partial charge in [0, 0.05) is 17.5 Å². The summed E-state index contributed by atoms with van der Waals surface area (Å²) in [5.41, 5.74) is 6.48. The summed E-state index contributed by atoms with van der Waals surface area (Å²) in [4.78, 5) is 0. The van der Waals surface area contributed by atoms with Crippen LogP contribution in [0.5, 0.6) is 0 Å². The van der Waals surface area contributed by atoms with Crippen LogP contribution in [0.15, 0.2) is 18.2 Å². The van der Waals surface area contributed by atoms with Crippen LogP contribution in [-0.2, 0) is 0 Å². The summed E-state index contributed by atoms with van der Waals surface area (Å²) in [7, 11) is 0. The van der Waals surface area contributed by atoms with Crippen LogP contribution in [0.4, 0.5) is 4.39 Å². The summed E-state index contributed by atoms with van der Waals surface area (Å²) in [6, 6.07) is 4.26. The second-order valence-corrected chi connectivity index (χ2v) is 5.52. The highest BCUT2D eigenvalue weighted by atomic mass is 35.5. The minimum atomic E-state index is -0.497. The summed E-state index contributed by atoms with van der Waals surface area (Å²) < 4.78 is 13.0. The Morgan fingerprint density at radius 3 is 2.67 bits per heavy atom. The van der Waals surface area contributed by atoms with Crippen molar-refractivity contribution in [3.63, 3.8) is 0 Å². The molecule has 0 heterocycles. The van der Waals surface area contributed by atoms with Crippen molar-refractivity contribution in [3.05, 3.63) is 34.6 Å². The van der Waals surface area contributed by atoms with E-state index in [9.17, 15) is 9.50 Å². The zero-order valence-corrected chi connectivity index (χ0v) is 11.0. The monoisotopic (exact) mass is 271 g/mol. The van der Waals surface area contributed by atoms with Crippen molar-refractivity contribution in [2.45, 2.75) is 37.7 Å². The van der Waals surface area contributed by atoms with Crippen LogP contribution in [0.3, 0.4) is 0 Å². The zero-order chi connectivity index (χ0) is 13.1. The largest absolute Gasteiger partial charge is 0.392 e. The van der Waals surface area contributed by atoms with E-state index in [1.54, 1.807) is 6.07 Å². The summed E-state index contributed by atoms with van der Waals surface area (Å²) in [5, 5.41) is 10.6. The van der Waals surface area contributed by atoms with Gasteiger partial charge in [0.15, 0.2) is 0 Å². The molecule has 4 heteroatoms. The minimum absolute atomic E-state index is 0.210. The first-order chi connectivity index (χ1) is 8.61. The topological polar surface area (TPSA) is 46.2 Å². The number of rotatable bonds is 5. The number of hydrogen-bond donors (Lipinski definition) is 2.